The first-order valence-corrected chi connectivity index (χ1v) is 6.16. The van der Waals surface area contributed by atoms with E-state index in [1.54, 1.807) is 7.11 Å². The lowest BCUT2D eigenvalue weighted by molar-refractivity contribution is 0.188. The molecule has 96 valence electrons. The van der Waals surface area contributed by atoms with Crippen LogP contribution < -0.4 is 11.3 Å². The van der Waals surface area contributed by atoms with E-state index < -0.39 is 0 Å². The molecule has 0 radical (unpaired) electrons. The van der Waals surface area contributed by atoms with Crippen LogP contribution in [0.4, 0.5) is 0 Å². The molecule has 0 aliphatic rings. The molecule has 1 unspecified atom stereocenters. The average Bonchev–Trinajstić information content (AvgIpc) is 2.43. The molecular weight excluding hydrogens is 226 g/mol. The van der Waals surface area contributed by atoms with Crippen LogP contribution in [0.15, 0.2) is 36.4 Å². The number of ether oxygens (including phenoxy) is 1. The molecule has 1 aromatic carbocycles. The number of rotatable bonds is 6. The second-order valence-corrected chi connectivity index (χ2v) is 4.28. The van der Waals surface area contributed by atoms with Gasteiger partial charge in [-0.25, -0.2) is 0 Å². The monoisotopic (exact) mass is 245 g/mol. The third kappa shape index (κ3) is 3.04. The minimum Gasteiger partial charge on any atom is -0.385 e. The Morgan fingerprint density at radius 3 is 2.89 bits per heavy atom. The van der Waals surface area contributed by atoms with Crippen LogP contribution >= 0.6 is 0 Å². The molecule has 0 spiro atoms. The number of nitrogens with zero attached hydrogens (tertiary/aromatic N) is 1. The lowest BCUT2D eigenvalue weighted by Crippen LogP contribution is -2.28. The summed E-state index contributed by atoms with van der Waals surface area (Å²) in [5, 5.41) is 1.15. The lowest BCUT2D eigenvalue weighted by Gasteiger charge is -2.15. The van der Waals surface area contributed by atoms with Gasteiger partial charge in [0, 0.05) is 19.1 Å². The Morgan fingerprint density at radius 1 is 1.28 bits per heavy atom. The maximum absolute atomic E-state index is 5.60. The Kier molecular flexibility index (Phi) is 4.64. The number of hydrogen-bond donors (Lipinski definition) is 2. The zero-order valence-electron chi connectivity index (χ0n) is 10.6. The van der Waals surface area contributed by atoms with E-state index in [1.807, 2.05) is 24.3 Å². The summed E-state index contributed by atoms with van der Waals surface area (Å²) in [5.74, 6) is 5.60. The van der Waals surface area contributed by atoms with Crippen molar-refractivity contribution in [1.29, 1.82) is 0 Å². The first kappa shape index (κ1) is 13.0. The minimum absolute atomic E-state index is 0.0738. The topological polar surface area (TPSA) is 60.2 Å². The Morgan fingerprint density at radius 2 is 2.11 bits per heavy atom. The molecule has 0 aliphatic heterocycles. The number of pyridine rings is 1. The summed E-state index contributed by atoms with van der Waals surface area (Å²) < 4.78 is 5.05. The predicted molar refractivity (Wildman–Crippen MR) is 72.9 cm³/mol. The van der Waals surface area contributed by atoms with Crippen LogP contribution in [0.3, 0.4) is 0 Å². The van der Waals surface area contributed by atoms with E-state index in [0.717, 1.165) is 36.0 Å². The molecule has 1 aromatic heterocycles. The van der Waals surface area contributed by atoms with Crippen molar-refractivity contribution in [3.63, 3.8) is 0 Å². The standard InChI is InChI=1S/C14H19N3O/c1-18-10-4-7-14(17-15)13-9-8-11-5-2-3-6-12(11)16-13/h2-3,5-6,8-9,14,17H,4,7,10,15H2,1H3. The average molecular weight is 245 g/mol. The summed E-state index contributed by atoms with van der Waals surface area (Å²) in [6.07, 6.45) is 1.87. The summed E-state index contributed by atoms with van der Waals surface area (Å²) >= 11 is 0. The highest BCUT2D eigenvalue weighted by molar-refractivity contribution is 5.78. The van der Waals surface area contributed by atoms with Crippen LogP contribution in [0.1, 0.15) is 24.6 Å². The Labute approximate surface area is 107 Å². The van der Waals surface area contributed by atoms with Gasteiger partial charge >= 0.3 is 0 Å². The van der Waals surface area contributed by atoms with Gasteiger partial charge in [0.1, 0.15) is 0 Å². The van der Waals surface area contributed by atoms with Crippen LogP contribution in [0.2, 0.25) is 0 Å². The molecule has 0 aliphatic carbocycles. The van der Waals surface area contributed by atoms with Crippen molar-refractivity contribution in [3.8, 4) is 0 Å². The van der Waals surface area contributed by atoms with E-state index in [4.69, 9.17) is 10.6 Å². The molecule has 0 bridgehead atoms. The second kappa shape index (κ2) is 6.44. The number of para-hydroxylation sites is 1. The van der Waals surface area contributed by atoms with Crippen molar-refractivity contribution in [2.24, 2.45) is 5.84 Å². The van der Waals surface area contributed by atoms with Gasteiger partial charge in [0.15, 0.2) is 0 Å². The number of benzene rings is 1. The van der Waals surface area contributed by atoms with E-state index in [1.165, 1.54) is 0 Å². The van der Waals surface area contributed by atoms with Gasteiger partial charge in [-0.2, -0.15) is 0 Å². The van der Waals surface area contributed by atoms with Gasteiger partial charge in [-0.3, -0.25) is 16.3 Å². The van der Waals surface area contributed by atoms with E-state index in [9.17, 15) is 0 Å². The number of nitrogens with two attached hydrogens (primary N) is 1. The number of nitrogens with one attached hydrogen (secondary N) is 1. The van der Waals surface area contributed by atoms with Gasteiger partial charge in [0.25, 0.3) is 0 Å². The zero-order chi connectivity index (χ0) is 12.8. The fourth-order valence-corrected chi connectivity index (χ4v) is 2.02. The Balaban J connectivity index is 2.17. The first-order chi connectivity index (χ1) is 8.85. The van der Waals surface area contributed by atoms with E-state index in [0.29, 0.717) is 0 Å². The second-order valence-electron chi connectivity index (χ2n) is 4.28. The van der Waals surface area contributed by atoms with E-state index in [2.05, 4.69) is 22.5 Å². The molecule has 1 heterocycles. The molecule has 3 N–H and O–H groups in total. The fraction of sp³-hybridized carbons (Fsp3) is 0.357. The predicted octanol–water partition coefficient (Wildman–Crippen LogP) is 2.17. The van der Waals surface area contributed by atoms with Gasteiger partial charge in [0.05, 0.1) is 17.3 Å². The number of hydrazine groups is 1. The number of aromatic nitrogens is 1. The number of methoxy groups -OCH3 is 1. The number of hydrogen-bond acceptors (Lipinski definition) is 4. The quantitative estimate of drug-likeness (QED) is 0.465. The van der Waals surface area contributed by atoms with Crippen LogP contribution in [-0.4, -0.2) is 18.7 Å². The highest BCUT2D eigenvalue weighted by atomic mass is 16.5. The van der Waals surface area contributed by atoms with Crippen molar-refractivity contribution in [3.05, 3.63) is 42.1 Å². The summed E-state index contributed by atoms with van der Waals surface area (Å²) in [6.45, 7) is 0.742. The lowest BCUT2D eigenvalue weighted by atomic mass is 10.1. The molecule has 2 aromatic rings. The van der Waals surface area contributed by atoms with Crippen LogP contribution in [-0.2, 0) is 4.74 Å². The molecule has 2 rings (SSSR count). The molecule has 18 heavy (non-hydrogen) atoms. The largest absolute Gasteiger partial charge is 0.385 e. The molecule has 4 nitrogen and oxygen atoms in total. The van der Waals surface area contributed by atoms with Crippen molar-refractivity contribution < 1.29 is 4.74 Å². The summed E-state index contributed by atoms with van der Waals surface area (Å²) in [6, 6.07) is 12.3. The molecule has 0 saturated carbocycles. The SMILES string of the molecule is COCCCC(NN)c1ccc2ccccc2n1. The zero-order valence-corrected chi connectivity index (χ0v) is 10.6. The summed E-state index contributed by atoms with van der Waals surface area (Å²) in [5.41, 5.74) is 4.80. The molecule has 0 saturated heterocycles. The third-order valence-electron chi connectivity index (χ3n) is 3.02. The van der Waals surface area contributed by atoms with Gasteiger partial charge < -0.3 is 4.74 Å². The molecule has 1 atom stereocenters. The van der Waals surface area contributed by atoms with Gasteiger partial charge in [-0.05, 0) is 25.0 Å². The maximum Gasteiger partial charge on any atom is 0.0706 e. The first-order valence-electron chi connectivity index (χ1n) is 6.16. The fourth-order valence-electron chi connectivity index (χ4n) is 2.02. The summed E-state index contributed by atoms with van der Waals surface area (Å²) in [4.78, 5) is 4.64. The van der Waals surface area contributed by atoms with Crippen molar-refractivity contribution in [2.75, 3.05) is 13.7 Å². The van der Waals surface area contributed by atoms with Crippen LogP contribution in [0.25, 0.3) is 10.9 Å². The Hall–Kier alpha value is -1.49. The van der Waals surface area contributed by atoms with E-state index >= 15 is 0 Å². The normalized spacial score (nSPS) is 12.8. The Bertz CT molecular complexity index is 501. The smallest absolute Gasteiger partial charge is 0.0706 e. The van der Waals surface area contributed by atoms with Gasteiger partial charge in [0.2, 0.25) is 0 Å². The highest BCUT2D eigenvalue weighted by Gasteiger charge is 2.11. The van der Waals surface area contributed by atoms with Gasteiger partial charge in [-0.15, -0.1) is 0 Å². The van der Waals surface area contributed by atoms with Crippen molar-refractivity contribution in [2.45, 2.75) is 18.9 Å². The number of fused-ring (bicyclic) bond motifs is 1. The molecule has 0 fully saturated rings. The highest BCUT2D eigenvalue weighted by Crippen LogP contribution is 2.19. The molecule has 0 amide bonds. The van der Waals surface area contributed by atoms with Crippen molar-refractivity contribution in [1.82, 2.24) is 10.4 Å². The molecular formula is C14H19N3O. The maximum atomic E-state index is 5.60. The van der Waals surface area contributed by atoms with Crippen molar-refractivity contribution >= 4 is 10.9 Å². The van der Waals surface area contributed by atoms with E-state index in [-0.39, 0.29) is 6.04 Å². The summed E-state index contributed by atoms with van der Waals surface area (Å²) in [7, 11) is 1.71. The van der Waals surface area contributed by atoms with Gasteiger partial charge in [-0.1, -0.05) is 24.3 Å². The van der Waals surface area contributed by atoms with Crippen LogP contribution in [0.5, 0.6) is 0 Å². The molecule has 4 heteroatoms. The minimum atomic E-state index is 0.0738. The third-order valence-corrected chi connectivity index (χ3v) is 3.02. The van der Waals surface area contributed by atoms with Crippen LogP contribution in [0, 0.1) is 0 Å².